The minimum Gasteiger partial charge on any atom is -0.309 e. The molecule has 186 valence electrons. The maximum Gasteiger partial charge on any atom is 0.00991 e. The molecule has 1 N–H and O–H groups in total. The van der Waals surface area contributed by atoms with Gasteiger partial charge in [0.2, 0.25) is 0 Å². The van der Waals surface area contributed by atoms with Gasteiger partial charge < -0.3 is 5.32 Å². The number of rotatable bonds is 6. The van der Waals surface area contributed by atoms with Gasteiger partial charge in [-0.05, 0) is 131 Å². The van der Waals surface area contributed by atoms with Gasteiger partial charge in [0.05, 0.1) is 0 Å². The summed E-state index contributed by atoms with van der Waals surface area (Å²) < 4.78 is 0. The maximum absolute atomic E-state index is 3.97. The first-order chi connectivity index (χ1) is 14.9. The van der Waals surface area contributed by atoms with Crippen molar-refractivity contribution in [2.24, 2.45) is 52.3 Å². The predicted molar refractivity (Wildman–Crippen MR) is 140 cm³/mol. The van der Waals surface area contributed by atoms with Crippen LogP contribution in [0.5, 0.6) is 0 Å². The summed E-state index contributed by atoms with van der Waals surface area (Å²) in [5.74, 6) is 6.86. The van der Waals surface area contributed by atoms with E-state index in [1.165, 1.54) is 64.2 Å². The average molecular weight is 444 g/mol. The van der Waals surface area contributed by atoms with E-state index in [0.717, 1.165) is 47.5 Å². The quantitative estimate of drug-likeness (QED) is 0.432. The van der Waals surface area contributed by atoms with Crippen LogP contribution in [-0.2, 0) is 0 Å². The predicted octanol–water partition coefficient (Wildman–Crippen LogP) is 8.86. The number of fused-ring (bicyclic) bond motifs is 5. The van der Waals surface area contributed by atoms with Gasteiger partial charge in [0.25, 0.3) is 0 Å². The molecule has 4 fully saturated rings. The van der Waals surface area contributed by atoms with Crippen LogP contribution in [0.15, 0.2) is 0 Å². The molecule has 0 radical (unpaired) electrons. The molecule has 4 rings (SSSR count). The molecule has 0 aliphatic heterocycles. The zero-order chi connectivity index (χ0) is 23.3. The van der Waals surface area contributed by atoms with Crippen LogP contribution in [-0.4, -0.2) is 11.6 Å². The van der Waals surface area contributed by atoms with Gasteiger partial charge in [-0.1, -0.05) is 53.9 Å². The van der Waals surface area contributed by atoms with Crippen molar-refractivity contribution in [3.8, 4) is 0 Å². The highest BCUT2D eigenvalue weighted by molar-refractivity contribution is 5.10. The molecule has 0 bridgehead atoms. The first kappa shape index (κ1) is 25.1. The molecule has 0 aromatic carbocycles. The second-order valence-corrected chi connectivity index (χ2v) is 15.1. The van der Waals surface area contributed by atoms with Crippen molar-refractivity contribution >= 4 is 0 Å². The smallest absolute Gasteiger partial charge is 0.00991 e. The van der Waals surface area contributed by atoms with Crippen molar-refractivity contribution < 1.29 is 0 Å². The molecule has 0 aromatic heterocycles. The normalized spacial score (nSPS) is 45.3. The summed E-state index contributed by atoms with van der Waals surface area (Å²) in [5, 5.41) is 3.97. The fraction of sp³-hybridized carbons (Fsp3) is 1.00. The van der Waals surface area contributed by atoms with Crippen LogP contribution in [0.2, 0.25) is 0 Å². The number of hydrogen-bond acceptors (Lipinski definition) is 1. The minimum atomic E-state index is 0.257. The first-order valence-electron chi connectivity index (χ1n) is 14.7. The summed E-state index contributed by atoms with van der Waals surface area (Å²) in [6.07, 6.45) is 17.9. The van der Waals surface area contributed by atoms with Gasteiger partial charge in [-0.3, -0.25) is 0 Å². The van der Waals surface area contributed by atoms with Gasteiger partial charge in [-0.15, -0.1) is 0 Å². The molecular weight excluding hydrogens is 386 g/mol. The lowest BCUT2D eigenvalue weighted by molar-refractivity contribution is -0.118. The van der Waals surface area contributed by atoms with Gasteiger partial charge in [-0.25, -0.2) is 0 Å². The summed E-state index contributed by atoms with van der Waals surface area (Å²) >= 11 is 0. The Morgan fingerprint density at radius 3 is 2.19 bits per heavy atom. The lowest BCUT2D eigenvalue weighted by atomic mass is 9.44. The molecule has 9 unspecified atom stereocenters. The van der Waals surface area contributed by atoms with Gasteiger partial charge in [0, 0.05) is 11.6 Å². The molecule has 0 amide bonds. The average Bonchev–Trinajstić information content (AvgIpc) is 3.04. The van der Waals surface area contributed by atoms with Crippen molar-refractivity contribution in [1.82, 2.24) is 5.32 Å². The highest BCUT2D eigenvalue weighted by Crippen LogP contribution is 2.68. The molecule has 4 aliphatic carbocycles. The highest BCUT2D eigenvalue weighted by Gasteiger charge is 2.60. The van der Waals surface area contributed by atoms with Crippen molar-refractivity contribution in [3.63, 3.8) is 0 Å². The van der Waals surface area contributed by atoms with E-state index in [4.69, 9.17) is 0 Å². The molecule has 1 heteroatoms. The topological polar surface area (TPSA) is 12.0 Å². The second-order valence-electron chi connectivity index (χ2n) is 15.1. The van der Waals surface area contributed by atoms with E-state index >= 15 is 0 Å². The lowest BCUT2D eigenvalue weighted by Gasteiger charge is -2.61. The Morgan fingerprint density at radius 2 is 1.50 bits per heavy atom. The summed E-state index contributed by atoms with van der Waals surface area (Å²) in [7, 11) is 0. The van der Waals surface area contributed by atoms with Gasteiger partial charge in [-0.2, -0.15) is 0 Å². The van der Waals surface area contributed by atoms with Crippen LogP contribution in [0.1, 0.15) is 132 Å². The molecule has 4 aliphatic rings. The van der Waals surface area contributed by atoms with E-state index in [1.807, 2.05) is 0 Å². The fourth-order valence-corrected chi connectivity index (χ4v) is 10.0. The lowest BCUT2D eigenvalue weighted by Crippen LogP contribution is -2.56. The molecule has 0 saturated heterocycles. The van der Waals surface area contributed by atoms with Crippen LogP contribution < -0.4 is 5.32 Å². The Labute approximate surface area is 201 Å². The van der Waals surface area contributed by atoms with Crippen molar-refractivity contribution in [2.45, 2.75) is 144 Å². The van der Waals surface area contributed by atoms with Crippen LogP contribution >= 0.6 is 0 Å². The van der Waals surface area contributed by atoms with Crippen LogP contribution in [0, 0.1) is 52.3 Å². The standard InChI is InChI=1S/C31H57N/c1-21(2)10-9-11-22(3)26-14-15-27-25-13-12-23-20-24(32-29(4,5)6)16-18-30(23,7)28(25)17-19-31(26,27)8/h21-28,32H,9-20H2,1-8H3. The SMILES string of the molecule is CC(C)CCCC(C)C1CCC2C3CCC4CC(NC(C)(C)C)CCC4(C)C3CCC12C. The zero-order valence-corrected chi connectivity index (χ0v) is 23.1. The molecule has 1 nitrogen and oxygen atoms in total. The first-order valence-corrected chi connectivity index (χ1v) is 14.7. The maximum atomic E-state index is 3.97. The fourth-order valence-electron chi connectivity index (χ4n) is 10.0. The summed E-state index contributed by atoms with van der Waals surface area (Å²) in [5.41, 5.74) is 1.53. The highest BCUT2D eigenvalue weighted by atomic mass is 15.0. The van der Waals surface area contributed by atoms with Crippen LogP contribution in [0.25, 0.3) is 0 Å². The Kier molecular flexibility index (Phi) is 7.21. The minimum absolute atomic E-state index is 0.257. The molecule has 0 heterocycles. The monoisotopic (exact) mass is 443 g/mol. The van der Waals surface area contributed by atoms with E-state index in [2.05, 4.69) is 60.7 Å². The third kappa shape index (κ3) is 4.72. The van der Waals surface area contributed by atoms with E-state index < -0.39 is 0 Å². The van der Waals surface area contributed by atoms with Crippen LogP contribution in [0.4, 0.5) is 0 Å². The van der Waals surface area contributed by atoms with Gasteiger partial charge >= 0.3 is 0 Å². The van der Waals surface area contributed by atoms with Crippen molar-refractivity contribution in [3.05, 3.63) is 0 Å². The molecule has 0 spiro atoms. The van der Waals surface area contributed by atoms with E-state index in [-0.39, 0.29) is 5.54 Å². The summed E-state index contributed by atoms with van der Waals surface area (Å²) in [6.45, 7) is 19.9. The summed E-state index contributed by atoms with van der Waals surface area (Å²) in [6, 6.07) is 0.751. The molecular formula is C31H57N. The Hall–Kier alpha value is -0.0400. The largest absolute Gasteiger partial charge is 0.309 e. The molecule has 0 aromatic rings. The summed E-state index contributed by atoms with van der Waals surface area (Å²) in [4.78, 5) is 0. The van der Waals surface area contributed by atoms with E-state index in [1.54, 1.807) is 12.8 Å². The van der Waals surface area contributed by atoms with Crippen molar-refractivity contribution in [1.29, 1.82) is 0 Å². The Bertz CT molecular complexity index is 631. The third-order valence-corrected chi connectivity index (χ3v) is 11.5. The Balaban J connectivity index is 1.42. The van der Waals surface area contributed by atoms with Crippen molar-refractivity contribution in [2.75, 3.05) is 0 Å². The second kappa shape index (κ2) is 9.20. The van der Waals surface area contributed by atoms with Crippen LogP contribution in [0.3, 0.4) is 0 Å². The zero-order valence-electron chi connectivity index (χ0n) is 23.1. The number of nitrogens with one attached hydrogen (secondary N) is 1. The van der Waals surface area contributed by atoms with E-state index in [0.29, 0.717) is 10.8 Å². The Morgan fingerprint density at radius 1 is 0.812 bits per heavy atom. The van der Waals surface area contributed by atoms with Gasteiger partial charge in [0.1, 0.15) is 0 Å². The van der Waals surface area contributed by atoms with Gasteiger partial charge in [0.15, 0.2) is 0 Å². The number of hydrogen-bond donors (Lipinski definition) is 1. The molecule has 32 heavy (non-hydrogen) atoms. The molecule has 4 saturated carbocycles. The van der Waals surface area contributed by atoms with E-state index in [9.17, 15) is 0 Å². The molecule has 9 atom stereocenters. The third-order valence-electron chi connectivity index (χ3n) is 11.5.